The Kier molecular flexibility index (Phi) is 2.97. The normalized spacial score (nSPS) is 25.3. The van der Waals surface area contributed by atoms with Crippen molar-refractivity contribution in [3.05, 3.63) is 34.9 Å². The summed E-state index contributed by atoms with van der Waals surface area (Å²) >= 11 is 0. The first-order chi connectivity index (χ1) is 7.56. The SMILES string of the molecule is Cc1cc(C)cc(C2NC(C)CNC2=O)c1. The highest BCUT2D eigenvalue weighted by atomic mass is 16.2. The molecule has 1 aliphatic rings. The van der Waals surface area contributed by atoms with Gasteiger partial charge in [-0.15, -0.1) is 0 Å². The summed E-state index contributed by atoms with van der Waals surface area (Å²) < 4.78 is 0. The summed E-state index contributed by atoms with van der Waals surface area (Å²) in [4.78, 5) is 11.8. The first-order valence-corrected chi connectivity index (χ1v) is 5.68. The standard InChI is InChI=1S/C13H18N2O/c1-8-4-9(2)6-11(5-8)12-13(16)14-7-10(3)15-12/h4-6,10,12,15H,7H2,1-3H3,(H,14,16). The number of carbonyl (C=O) groups is 1. The van der Waals surface area contributed by atoms with E-state index in [2.05, 4.69) is 49.6 Å². The molecule has 1 heterocycles. The van der Waals surface area contributed by atoms with E-state index >= 15 is 0 Å². The van der Waals surface area contributed by atoms with Crippen LogP contribution in [0.5, 0.6) is 0 Å². The van der Waals surface area contributed by atoms with E-state index in [1.807, 2.05) is 0 Å². The first kappa shape index (κ1) is 11.1. The quantitative estimate of drug-likeness (QED) is 0.749. The lowest BCUT2D eigenvalue weighted by atomic mass is 9.98. The average molecular weight is 218 g/mol. The summed E-state index contributed by atoms with van der Waals surface area (Å²) in [5.41, 5.74) is 3.45. The van der Waals surface area contributed by atoms with Gasteiger partial charge in [0, 0.05) is 12.6 Å². The first-order valence-electron chi connectivity index (χ1n) is 5.68. The van der Waals surface area contributed by atoms with Crippen LogP contribution in [-0.4, -0.2) is 18.5 Å². The lowest BCUT2D eigenvalue weighted by Crippen LogP contribution is -2.52. The van der Waals surface area contributed by atoms with Crippen molar-refractivity contribution in [1.82, 2.24) is 10.6 Å². The van der Waals surface area contributed by atoms with E-state index in [1.54, 1.807) is 0 Å². The predicted octanol–water partition coefficient (Wildman–Crippen LogP) is 1.45. The zero-order valence-corrected chi connectivity index (χ0v) is 10.0. The van der Waals surface area contributed by atoms with E-state index in [0.29, 0.717) is 12.6 Å². The van der Waals surface area contributed by atoms with Crippen LogP contribution in [0.25, 0.3) is 0 Å². The largest absolute Gasteiger partial charge is 0.353 e. The highest BCUT2D eigenvalue weighted by Gasteiger charge is 2.26. The molecule has 1 saturated heterocycles. The Morgan fingerprint density at radius 3 is 2.44 bits per heavy atom. The number of rotatable bonds is 1. The molecule has 2 N–H and O–H groups in total. The van der Waals surface area contributed by atoms with Crippen LogP contribution in [-0.2, 0) is 4.79 Å². The molecule has 2 atom stereocenters. The van der Waals surface area contributed by atoms with E-state index in [9.17, 15) is 4.79 Å². The molecule has 86 valence electrons. The molecule has 3 nitrogen and oxygen atoms in total. The summed E-state index contributed by atoms with van der Waals surface area (Å²) in [6, 6.07) is 6.38. The Hall–Kier alpha value is -1.35. The summed E-state index contributed by atoms with van der Waals surface area (Å²) in [6.07, 6.45) is 0. The molecular formula is C13H18N2O. The van der Waals surface area contributed by atoms with Crippen molar-refractivity contribution in [2.45, 2.75) is 32.9 Å². The molecule has 1 fully saturated rings. The van der Waals surface area contributed by atoms with Gasteiger partial charge in [-0.25, -0.2) is 0 Å². The highest BCUT2D eigenvalue weighted by Crippen LogP contribution is 2.19. The number of amides is 1. The summed E-state index contributed by atoms with van der Waals surface area (Å²) in [6.45, 7) is 6.90. The number of hydrogen-bond donors (Lipinski definition) is 2. The van der Waals surface area contributed by atoms with Gasteiger partial charge in [0.2, 0.25) is 5.91 Å². The maximum Gasteiger partial charge on any atom is 0.241 e. The molecule has 3 heteroatoms. The van der Waals surface area contributed by atoms with Gasteiger partial charge in [-0.3, -0.25) is 10.1 Å². The molecule has 0 aliphatic carbocycles. The number of nitrogens with one attached hydrogen (secondary N) is 2. The van der Waals surface area contributed by atoms with Crippen molar-refractivity contribution in [3.8, 4) is 0 Å². The van der Waals surface area contributed by atoms with Crippen molar-refractivity contribution < 1.29 is 4.79 Å². The minimum absolute atomic E-state index is 0.0723. The Morgan fingerprint density at radius 1 is 1.19 bits per heavy atom. The van der Waals surface area contributed by atoms with Crippen LogP contribution < -0.4 is 10.6 Å². The third-order valence-electron chi connectivity index (χ3n) is 2.87. The van der Waals surface area contributed by atoms with E-state index < -0.39 is 0 Å². The lowest BCUT2D eigenvalue weighted by molar-refractivity contribution is -0.125. The van der Waals surface area contributed by atoms with Gasteiger partial charge in [0.25, 0.3) is 0 Å². The molecule has 0 radical (unpaired) electrons. The number of benzene rings is 1. The smallest absolute Gasteiger partial charge is 0.241 e. The molecule has 0 spiro atoms. The fourth-order valence-corrected chi connectivity index (χ4v) is 2.20. The minimum atomic E-state index is -0.206. The second-order valence-electron chi connectivity index (χ2n) is 4.67. The zero-order chi connectivity index (χ0) is 11.7. The van der Waals surface area contributed by atoms with Gasteiger partial charge < -0.3 is 5.32 Å². The van der Waals surface area contributed by atoms with Crippen LogP contribution in [0.1, 0.15) is 29.7 Å². The second kappa shape index (κ2) is 4.26. The third-order valence-corrected chi connectivity index (χ3v) is 2.87. The van der Waals surface area contributed by atoms with Gasteiger partial charge in [0.1, 0.15) is 6.04 Å². The topological polar surface area (TPSA) is 41.1 Å². The summed E-state index contributed by atoms with van der Waals surface area (Å²) in [5.74, 6) is 0.0723. The van der Waals surface area contributed by atoms with Crippen molar-refractivity contribution in [3.63, 3.8) is 0 Å². The Balaban J connectivity index is 2.31. The van der Waals surface area contributed by atoms with Gasteiger partial charge in [-0.2, -0.15) is 0 Å². The molecule has 1 aromatic carbocycles. The minimum Gasteiger partial charge on any atom is -0.353 e. The van der Waals surface area contributed by atoms with Gasteiger partial charge in [0.05, 0.1) is 0 Å². The molecule has 16 heavy (non-hydrogen) atoms. The molecule has 0 aromatic heterocycles. The van der Waals surface area contributed by atoms with E-state index in [0.717, 1.165) is 5.56 Å². The van der Waals surface area contributed by atoms with Gasteiger partial charge in [0.15, 0.2) is 0 Å². The Morgan fingerprint density at radius 2 is 1.81 bits per heavy atom. The molecule has 1 aliphatic heterocycles. The van der Waals surface area contributed by atoms with E-state index in [4.69, 9.17) is 0 Å². The summed E-state index contributed by atoms with van der Waals surface area (Å²) in [5, 5.41) is 6.24. The Bertz CT molecular complexity index is 394. The maximum atomic E-state index is 11.8. The molecular weight excluding hydrogens is 200 g/mol. The molecule has 1 aromatic rings. The van der Waals surface area contributed by atoms with Crippen molar-refractivity contribution in [2.24, 2.45) is 0 Å². The fourth-order valence-electron chi connectivity index (χ4n) is 2.20. The highest BCUT2D eigenvalue weighted by molar-refractivity contribution is 5.84. The number of hydrogen-bond acceptors (Lipinski definition) is 2. The predicted molar refractivity (Wildman–Crippen MR) is 64.3 cm³/mol. The molecule has 1 amide bonds. The van der Waals surface area contributed by atoms with Gasteiger partial charge >= 0.3 is 0 Å². The maximum absolute atomic E-state index is 11.8. The van der Waals surface area contributed by atoms with Crippen molar-refractivity contribution in [2.75, 3.05) is 6.54 Å². The van der Waals surface area contributed by atoms with Crippen molar-refractivity contribution >= 4 is 5.91 Å². The summed E-state index contributed by atoms with van der Waals surface area (Å²) in [7, 11) is 0. The average Bonchev–Trinajstić information content (AvgIpc) is 2.20. The third kappa shape index (κ3) is 2.25. The Labute approximate surface area is 96.2 Å². The lowest BCUT2D eigenvalue weighted by Gasteiger charge is -2.29. The monoisotopic (exact) mass is 218 g/mol. The van der Waals surface area contributed by atoms with Crippen LogP contribution >= 0.6 is 0 Å². The van der Waals surface area contributed by atoms with Crippen molar-refractivity contribution in [1.29, 1.82) is 0 Å². The zero-order valence-electron chi connectivity index (χ0n) is 10.0. The molecule has 2 unspecified atom stereocenters. The number of piperazine rings is 1. The van der Waals surface area contributed by atoms with E-state index in [1.165, 1.54) is 11.1 Å². The number of aryl methyl sites for hydroxylation is 2. The molecule has 0 saturated carbocycles. The van der Waals surface area contributed by atoms with Crippen LogP contribution in [0.2, 0.25) is 0 Å². The van der Waals surface area contributed by atoms with Crippen LogP contribution in [0.4, 0.5) is 0 Å². The molecule has 0 bridgehead atoms. The van der Waals surface area contributed by atoms with Gasteiger partial charge in [-0.1, -0.05) is 29.3 Å². The fraction of sp³-hybridized carbons (Fsp3) is 0.462. The van der Waals surface area contributed by atoms with Crippen LogP contribution in [0.15, 0.2) is 18.2 Å². The number of carbonyl (C=O) groups excluding carboxylic acids is 1. The second-order valence-corrected chi connectivity index (χ2v) is 4.67. The van der Waals surface area contributed by atoms with Crippen LogP contribution in [0.3, 0.4) is 0 Å². The van der Waals surface area contributed by atoms with Crippen LogP contribution in [0, 0.1) is 13.8 Å². The molecule has 2 rings (SSSR count). The van der Waals surface area contributed by atoms with Gasteiger partial charge in [-0.05, 0) is 26.3 Å². The van der Waals surface area contributed by atoms with E-state index in [-0.39, 0.29) is 11.9 Å².